The van der Waals surface area contributed by atoms with Gasteiger partial charge < -0.3 is 21.3 Å². The van der Waals surface area contributed by atoms with Crippen molar-refractivity contribution in [2.45, 2.75) is 12.5 Å². The fourth-order valence-corrected chi connectivity index (χ4v) is 0.997. The molecular formula is C10H16N2O2. The predicted octanol–water partition coefficient (Wildman–Crippen LogP) is 0.424. The highest BCUT2D eigenvalue weighted by molar-refractivity contribution is 5.54. The lowest BCUT2D eigenvalue weighted by atomic mass is 10.1. The Kier molecular flexibility index (Phi) is 3.33. The van der Waals surface area contributed by atoms with E-state index in [4.69, 9.17) is 10.8 Å². The van der Waals surface area contributed by atoms with Gasteiger partial charge in [0, 0.05) is 17.9 Å². The summed E-state index contributed by atoms with van der Waals surface area (Å²) in [5.41, 5.74) is 5.97. The number of aliphatic hydroxyl groups excluding tert-OH is 1. The Hall–Kier alpha value is -1.26. The van der Waals surface area contributed by atoms with E-state index >= 15 is 0 Å². The fourth-order valence-electron chi connectivity index (χ4n) is 0.997. The molecule has 1 unspecified atom stereocenters. The van der Waals surface area contributed by atoms with Gasteiger partial charge in [0.1, 0.15) is 5.60 Å². The van der Waals surface area contributed by atoms with Crippen LogP contribution in [-0.2, 0) is 0 Å². The monoisotopic (exact) mass is 196 g/mol. The van der Waals surface area contributed by atoms with Gasteiger partial charge in [0.15, 0.2) is 0 Å². The first-order chi connectivity index (χ1) is 6.53. The molecule has 4 nitrogen and oxygen atoms in total. The standard InChI is InChI=1S/C10H16N2O2/c1-10(14,7-13)6-12-9-4-2-3-8(11)5-9/h2-5,12-14H,6-7,11H2,1H3. The normalized spacial score (nSPS) is 14.8. The van der Waals surface area contributed by atoms with E-state index in [2.05, 4.69) is 5.32 Å². The zero-order chi connectivity index (χ0) is 10.6. The molecule has 0 bridgehead atoms. The molecular weight excluding hydrogens is 180 g/mol. The number of anilines is 2. The zero-order valence-corrected chi connectivity index (χ0v) is 8.20. The number of hydrogen-bond donors (Lipinski definition) is 4. The van der Waals surface area contributed by atoms with Crippen LogP contribution in [0.2, 0.25) is 0 Å². The maximum absolute atomic E-state index is 9.51. The van der Waals surface area contributed by atoms with Crippen molar-refractivity contribution in [1.82, 2.24) is 0 Å². The van der Waals surface area contributed by atoms with Gasteiger partial charge >= 0.3 is 0 Å². The molecule has 1 aromatic rings. The quantitative estimate of drug-likeness (QED) is 0.526. The second-order valence-corrected chi connectivity index (χ2v) is 3.63. The van der Waals surface area contributed by atoms with Crippen LogP contribution in [0.3, 0.4) is 0 Å². The summed E-state index contributed by atoms with van der Waals surface area (Å²) in [6, 6.07) is 7.23. The van der Waals surface area contributed by atoms with E-state index in [9.17, 15) is 5.11 Å². The highest BCUT2D eigenvalue weighted by Crippen LogP contribution is 2.13. The Morgan fingerprint density at radius 3 is 2.79 bits per heavy atom. The van der Waals surface area contributed by atoms with Gasteiger partial charge in [0.25, 0.3) is 0 Å². The highest BCUT2D eigenvalue weighted by Gasteiger charge is 2.17. The van der Waals surface area contributed by atoms with Gasteiger partial charge in [-0.2, -0.15) is 0 Å². The van der Waals surface area contributed by atoms with Gasteiger partial charge in [-0.15, -0.1) is 0 Å². The van der Waals surface area contributed by atoms with E-state index in [0.29, 0.717) is 5.69 Å². The molecule has 0 aliphatic carbocycles. The van der Waals surface area contributed by atoms with Crippen molar-refractivity contribution in [2.75, 3.05) is 24.2 Å². The topological polar surface area (TPSA) is 78.5 Å². The molecule has 0 saturated carbocycles. The largest absolute Gasteiger partial charge is 0.399 e. The molecule has 4 heteroatoms. The van der Waals surface area contributed by atoms with Crippen LogP contribution in [0.4, 0.5) is 11.4 Å². The third-order valence-electron chi connectivity index (χ3n) is 1.90. The molecule has 5 N–H and O–H groups in total. The van der Waals surface area contributed by atoms with Gasteiger partial charge in [-0.3, -0.25) is 0 Å². The first-order valence-corrected chi connectivity index (χ1v) is 4.46. The summed E-state index contributed by atoms with van der Waals surface area (Å²) < 4.78 is 0. The minimum absolute atomic E-state index is 0.275. The molecule has 0 heterocycles. The van der Waals surface area contributed by atoms with E-state index in [0.717, 1.165) is 5.69 Å². The molecule has 78 valence electrons. The molecule has 0 amide bonds. The molecule has 0 aliphatic rings. The number of nitrogens with two attached hydrogens (primary N) is 1. The summed E-state index contributed by atoms with van der Waals surface area (Å²) in [5, 5.41) is 21.3. The van der Waals surface area contributed by atoms with Gasteiger partial charge in [-0.1, -0.05) is 6.07 Å². The Bertz CT molecular complexity index is 300. The van der Waals surface area contributed by atoms with Crippen LogP contribution in [0, 0.1) is 0 Å². The molecule has 14 heavy (non-hydrogen) atoms. The lowest BCUT2D eigenvalue weighted by Gasteiger charge is -2.21. The van der Waals surface area contributed by atoms with E-state index < -0.39 is 5.60 Å². The van der Waals surface area contributed by atoms with E-state index in [-0.39, 0.29) is 13.2 Å². The minimum Gasteiger partial charge on any atom is -0.399 e. The Morgan fingerprint density at radius 2 is 2.21 bits per heavy atom. The van der Waals surface area contributed by atoms with Crippen LogP contribution in [0.5, 0.6) is 0 Å². The van der Waals surface area contributed by atoms with Crippen LogP contribution in [0.15, 0.2) is 24.3 Å². The smallest absolute Gasteiger partial charge is 0.102 e. The van der Waals surface area contributed by atoms with Gasteiger partial charge in [0.05, 0.1) is 6.61 Å². The van der Waals surface area contributed by atoms with E-state index in [1.165, 1.54) is 0 Å². The van der Waals surface area contributed by atoms with Crippen molar-refractivity contribution in [1.29, 1.82) is 0 Å². The number of rotatable bonds is 4. The van der Waals surface area contributed by atoms with Crippen molar-refractivity contribution in [3.05, 3.63) is 24.3 Å². The first kappa shape index (κ1) is 10.8. The van der Waals surface area contributed by atoms with E-state index in [1.54, 1.807) is 19.1 Å². The number of hydrogen-bond acceptors (Lipinski definition) is 4. The number of nitrogen functional groups attached to an aromatic ring is 1. The van der Waals surface area contributed by atoms with Crippen molar-refractivity contribution < 1.29 is 10.2 Å². The highest BCUT2D eigenvalue weighted by atomic mass is 16.3. The third-order valence-corrected chi connectivity index (χ3v) is 1.90. The van der Waals surface area contributed by atoms with Crippen molar-refractivity contribution in [3.8, 4) is 0 Å². The second-order valence-electron chi connectivity index (χ2n) is 3.63. The molecule has 0 spiro atoms. The molecule has 0 aliphatic heterocycles. The number of benzene rings is 1. The Labute approximate surface area is 83.4 Å². The van der Waals surface area contributed by atoms with Gasteiger partial charge in [-0.05, 0) is 25.1 Å². The zero-order valence-electron chi connectivity index (χ0n) is 8.20. The van der Waals surface area contributed by atoms with E-state index in [1.807, 2.05) is 12.1 Å². The second kappa shape index (κ2) is 4.30. The maximum Gasteiger partial charge on any atom is 0.102 e. The van der Waals surface area contributed by atoms with Crippen LogP contribution in [-0.4, -0.2) is 29.0 Å². The van der Waals surface area contributed by atoms with Crippen LogP contribution >= 0.6 is 0 Å². The van der Waals surface area contributed by atoms with Crippen molar-refractivity contribution in [3.63, 3.8) is 0 Å². The summed E-state index contributed by atoms with van der Waals surface area (Å²) in [7, 11) is 0. The van der Waals surface area contributed by atoms with Crippen LogP contribution in [0.25, 0.3) is 0 Å². The molecule has 0 aromatic heterocycles. The van der Waals surface area contributed by atoms with Crippen LogP contribution < -0.4 is 11.1 Å². The first-order valence-electron chi connectivity index (χ1n) is 4.46. The number of nitrogens with one attached hydrogen (secondary N) is 1. The Balaban J connectivity index is 2.54. The molecule has 1 atom stereocenters. The van der Waals surface area contributed by atoms with Crippen molar-refractivity contribution in [2.24, 2.45) is 0 Å². The summed E-state index contributed by atoms with van der Waals surface area (Å²) in [6.45, 7) is 1.57. The lowest BCUT2D eigenvalue weighted by Crippen LogP contribution is -2.37. The third kappa shape index (κ3) is 3.24. The van der Waals surface area contributed by atoms with Gasteiger partial charge in [0.2, 0.25) is 0 Å². The minimum atomic E-state index is -1.11. The molecule has 0 saturated heterocycles. The molecule has 1 rings (SSSR count). The summed E-state index contributed by atoms with van der Waals surface area (Å²) in [6.07, 6.45) is 0. The Morgan fingerprint density at radius 1 is 1.50 bits per heavy atom. The predicted molar refractivity (Wildman–Crippen MR) is 57.1 cm³/mol. The lowest BCUT2D eigenvalue weighted by molar-refractivity contribution is 0.0132. The van der Waals surface area contributed by atoms with Crippen molar-refractivity contribution >= 4 is 11.4 Å². The molecule has 1 aromatic carbocycles. The van der Waals surface area contributed by atoms with Crippen LogP contribution in [0.1, 0.15) is 6.92 Å². The molecule has 0 radical (unpaired) electrons. The average molecular weight is 196 g/mol. The fraction of sp³-hybridized carbons (Fsp3) is 0.400. The summed E-state index contributed by atoms with van der Waals surface area (Å²) in [4.78, 5) is 0. The van der Waals surface area contributed by atoms with Gasteiger partial charge in [-0.25, -0.2) is 0 Å². The average Bonchev–Trinajstić information content (AvgIpc) is 2.15. The summed E-state index contributed by atoms with van der Waals surface area (Å²) in [5.74, 6) is 0. The number of aliphatic hydroxyl groups is 2. The molecule has 0 fully saturated rings. The maximum atomic E-state index is 9.51. The SMILES string of the molecule is CC(O)(CO)CNc1cccc(N)c1. The summed E-state index contributed by atoms with van der Waals surface area (Å²) >= 11 is 0.